The van der Waals surface area contributed by atoms with Crippen LogP contribution in [-0.4, -0.2) is 34.5 Å². The highest BCUT2D eigenvalue weighted by Gasteiger charge is 2.71. The minimum atomic E-state index is -1.14. The van der Waals surface area contributed by atoms with Gasteiger partial charge in [0.25, 0.3) is 0 Å². The number of esters is 2. The molecule has 2 fully saturated rings. The lowest BCUT2D eigenvalue weighted by Crippen LogP contribution is -2.66. The number of rotatable bonds is 4. The monoisotopic (exact) mass is 468 g/mol. The third kappa shape index (κ3) is 3.44. The summed E-state index contributed by atoms with van der Waals surface area (Å²) in [5.74, 6) is -0.699. The van der Waals surface area contributed by atoms with E-state index in [9.17, 15) is 19.5 Å². The van der Waals surface area contributed by atoms with Gasteiger partial charge in [0.05, 0.1) is 5.60 Å². The van der Waals surface area contributed by atoms with Crippen LogP contribution in [0.1, 0.15) is 67.2 Å². The molecule has 4 aliphatic rings. The molecule has 7 atom stereocenters. The summed E-state index contributed by atoms with van der Waals surface area (Å²) in [7, 11) is 0. The Kier molecular flexibility index (Phi) is 6.04. The number of aliphatic hydroxyl groups is 1. The number of ether oxygens (including phenoxy) is 2. The Labute approximate surface area is 201 Å². The molecule has 4 rings (SSSR count). The lowest BCUT2D eigenvalue weighted by atomic mass is 9.46. The maximum atomic E-state index is 12.9. The van der Waals surface area contributed by atoms with Crippen molar-refractivity contribution in [3.63, 3.8) is 0 Å². The van der Waals surface area contributed by atoms with Crippen molar-refractivity contribution in [1.29, 1.82) is 0 Å². The molecule has 0 amide bonds. The number of carbonyl (C=O) groups is 3. The molecule has 34 heavy (non-hydrogen) atoms. The summed E-state index contributed by atoms with van der Waals surface area (Å²) in [4.78, 5) is 37.1. The van der Waals surface area contributed by atoms with Crippen LogP contribution in [0.5, 0.6) is 0 Å². The van der Waals surface area contributed by atoms with Gasteiger partial charge in [-0.05, 0) is 76.0 Å². The molecule has 1 N–H and O–H groups in total. The van der Waals surface area contributed by atoms with Crippen molar-refractivity contribution in [3.8, 4) is 0 Å². The van der Waals surface area contributed by atoms with Crippen molar-refractivity contribution >= 4 is 17.7 Å². The Balaban J connectivity index is 1.79. The number of carbonyl (C=O) groups excluding carboxylic acids is 3. The Morgan fingerprint density at radius 2 is 1.85 bits per heavy atom. The van der Waals surface area contributed by atoms with Gasteiger partial charge in [-0.25, -0.2) is 4.79 Å². The van der Waals surface area contributed by atoms with Crippen molar-refractivity contribution < 1.29 is 29.0 Å². The first-order valence-corrected chi connectivity index (χ1v) is 12.2. The first kappa shape index (κ1) is 24.6. The van der Waals surface area contributed by atoms with Crippen molar-refractivity contribution in [1.82, 2.24) is 0 Å². The maximum absolute atomic E-state index is 12.9. The van der Waals surface area contributed by atoms with Crippen LogP contribution in [0.3, 0.4) is 0 Å². The average Bonchev–Trinajstić information content (AvgIpc) is 3.06. The highest BCUT2D eigenvalue weighted by molar-refractivity contribution is 5.88. The quantitative estimate of drug-likeness (QED) is 0.479. The zero-order valence-electron chi connectivity index (χ0n) is 21.0. The summed E-state index contributed by atoms with van der Waals surface area (Å²) >= 11 is 0. The fraction of sp³-hybridized carbons (Fsp3) is 0.607. The Bertz CT molecular complexity index is 1050. The molecule has 184 valence electrons. The third-order valence-corrected chi connectivity index (χ3v) is 9.34. The van der Waals surface area contributed by atoms with E-state index in [4.69, 9.17) is 9.47 Å². The van der Waals surface area contributed by atoms with Gasteiger partial charge in [0.1, 0.15) is 17.6 Å². The highest BCUT2D eigenvalue weighted by atomic mass is 16.5. The molecule has 0 aliphatic heterocycles. The van der Waals surface area contributed by atoms with Crippen LogP contribution in [0.15, 0.2) is 47.3 Å². The Morgan fingerprint density at radius 1 is 1.15 bits per heavy atom. The summed E-state index contributed by atoms with van der Waals surface area (Å²) in [5, 5.41) is 12.3. The van der Waals surface area contributed by atoms with Crippen LogP contribution < -0.4 is 0 Å². The fourth-order valence-corrected chi connectivity index (χ4v) is 7.26. The molecule has 2 saturated carbocycles. The van der Waals surface area contributed by atoms with E-state index in [2.05, 4.69) is 13.0 Å². The van der Waals surface area contributed by atoms with Crippen LogP contribution in [-0.2, 0) is 23.9 Å². The molecule has 0 bridgehead atoms. The standard InChI is InChI=1S/C28H36O6/c1-7-16(2)25(31)34-24-15-23-22(28(32)13-11-21(17(3)29)27(24,28)6)9-8-19-14-20(33-18(4)30)10-12-26(19,23)5/h7-8,10,12,14,21-24,32H,9,11,13,15H2,1-6H3/b16-7+/t21-,22?,23?,24-,26+,27+,28+/m1/s1. The predicted molar refractivity (Wildman–Crippen MR) is 127 cm³/mol. The molecule has 2 unspecified atom stereocenters. The van der Waals surface area contributed by atoms with E-state index in [0.717, 1.165) is 5.57 Å². The molecule has 6 heteroatoms. The first-order valence-electron chi connectivity index (χ1n) is 12.2. The minimum Gasteiger partial charge on any atom is -0.458 e. The first-order chi connectivity index (χ1) is 15.9. The molecule has 0 aromatic heterocycles. The van der Waals surface area contributed by atoms with Gasteiger partial charge in [-0.1, -0.05) is 32.1 Å². The molecule has 0 saturated heterocycles. The van der Waals surface area contributed by atoms with Crippen molar-refractivity contribution in [2.45, 2.75) is 78.9 Å². The van der Waals surface area contributed by atoms with E-state index in [-0.39, 0.29) is 29.5 Å². The summed E-state index contributed by atoms with van der Waals surface area (Å²) < 4.78 is 11.4. The number of allylic oxidation sites excluding steroid dienone is 6. The maximum Gasteiger partial charge on any atom is 0.333 e. The number of ketones is 1. The van der Waals surface area contributed by atoms with Gasteiger partial charge in [0, 0.05) is 29.2 Å². The molecule has 0 aromatic carbocycles. The summed E-state index contributed by atoms with van der Waals surface area (Å²) in [6.07, 6.45) is 11.3. The van der Waals surface area contributed by atoms with Gasteiger partial charge in [-0.2, -0.15) is 0 Å². The second-order valence-corrected chi connectivity index (χ2v) is 10.9. The van der Waals surface area contributed by atoms with E-state index in [0.29, 0.717) is 37.0 Å². The van der Waals surface area contributed by atoms with Gasteiger partial charge in [-0.15, -0.1) is 0 Å². The lowest BCUT2D eigenvalue weighted by Gasteiger charge is -2.61. The zero-order valence-corrected chi connectivity index (χ0v) is 21.0. The average molecular weight is 469 g/mol. The smallest absolute Gasteiger partial charge is 0.333 e. The molecule has 0 aromatic rings. The number of hydrogen-bond acceptors (Lipinski definition) is 6. The molecular formula is C28H36O6. The summed E-state index contributed by atoms with van der Waals surface area (Å²) in [6, 6.07) is 0. The van der Waals surface area contributed by atoms with E-state index >= 15 is 0 Å². The van der Waals surface area contributed by atoms with Gasteiger partial charge in [0.2, 0.25) is 0 Å². The second kappa shape index (κ2) is 8.33. The van der Waals surface area contributed by atoms with Gasteiger partial charge >= 0.3 is 11.9 Å². The molecule has 4 aliphatic carbocycles. The summed E-state index contributed by atoms with van der Waals surface area (Å²) in [5.41, 5.74) is -0.871. The number of Topliss-reactive ketones (excluding diaryl/α,β-unsaturated/α-hetero) is 1. The zero-order chi connectivity index (χ0) is 25.1. The molecule has 6 nitrogen and oxygen atoms in total. The molecule has 0 spiro atoms. The van der Waals surface area contributed by atoms with E-state index in [1.165, 1.54) is 6.92 Å². The Hall–Kier alpha value is -2.47. The van der Waals surface area contributed by atoms with Crippen molar-refractivity contribution in [2.24, 2.45) is 28.6 Å². The van der Waals surface area contributed by atoms with Crippen LogP contribution in [0, 0.1) is 28.6 Å². The topological polar surface area (TPSA) is 89.9 Å². The van der Waals surface area contributed by atoms with E-state index in [1.54, 1.807) is 26.8 Å². The molecular weight excluding hydrogens is 432 g/mol. The fourth-order valence-electron chi connectivity index (χ4n) is 7.26. The minimum absolute atomic E-state index is 0.00799. The second-order valence-electron chi connectivity index (χ2n) is 10.9. The van der Waals surface area contributed by atoms with Crippen LogP contribution in [0.2, 0.25) is 0 Å². The van der Waals surface area contributed by atoms with Crippen LogP contribution in [0.4, 0.5) is 0 Å². The van der Waals surface area contributed by atoms with Crippen LogP contribution >= 0.6 is 0 Å². The number of fused-ring (bicyclic) bond motifs is 5. The van der Waals surface area contributed by atoms with E-state index in [1.807, 2.05) is 25.2 Å². The Morgan fingerprint density at radius 3 is 2.47 bits per heavy atom. The van der Waals surface area contributed by atoms with Gasteiger partial charge < -0.3 is 14.6 Å². The van der Waals surface area contributed by atoms with Gasteiger partial charge in [0.15, 0.2) is 0 Å². The largest absolute Gasteiger partial charge is 0.458 e. The van der Waals surface area contributed by atoms with Crippen LogP contribution in [0.25, 0.3) is 0 Å². The SMILES string of the molecule is C/C=C(\C)C(=O)O[C@@H]1CC2C(CC=C3C=C(OC(C)=O)C=C[C@@]32C)[C@@]2(O)CC[C@H](C(C)=O)[C@@]12C. The third-order valence-electron chi connectivity index (χ3n) is 9.34. The normalized spacial score (nSPS) is 40.9. The van der Waals surface area contributed by atoms with Crippen molar-refractivity contribution in [3.05, 3.63) is 47.3 Å². The molecule has 0 radical (unpaired) electrons. The summed E-state index contributed by atoms with van der Waals surface area (Å²) in [6.45, 7) is 10.5. The molecule has 0 heterocycles. The van der Waals surface area contributed by atoms with Gasteiger partial charge in [-0.3, -0.25) is 9.59 Å². The van der Waals surface area contributed by atoms with E-state index < -0.39 is 28.5 Å². The number of hydrogen-bond donors (Lipinski definition) is 1. The predicted octanol–water partition coefficient (Wildman–Crippen LogP) is 4.59. The lowest BCUT2D eigenvalue weighted by molar-refractivity contribution is -0.227. The van der Waals surface area contributed by atoms with Crippen molar-refractivity contribution in [2.75, 3.05) is 0 Å². The highest BCUT2D eigenvalue weighted by Crippen LogP contribution is 2.67.